The van der Waals surface area contributed by atoms with Crippen LogP contribution in [-0.2, 0) is 6.42 Å². The van der Waals surface area contributed by atoms with Gasteiger partial charge >= 0.3 is 0 Å². The first-order chi connectivity index (χ1) is 12.2. The van der Waals surface area contributed by atoms with Crippen LogP contribution in [0.4, 0.5) is 17.1 Å². The zero-order valence-electron chi connectivity index (χ0n) is 14.6. The fraction of sp³-hybridized carbons (Fsp3) is 0.429. The summed E-state index contributed by atoms with van der Waals surface area (Å²) in [6.07, 6.45) is 2.46. The molecule has 1 fully saturated rings. The minimum atomic E-state index is 0.664. The van der Waals surface area contributed by atoms with Gasteiger partial charge in [-0.3, -0.25) is 0 Å². The van der Waals surface area contributed by atoms with Gasteiger partial charge in [0.25, 0.3) is 0 Å². The molecular formula is C21H24ClN3. The number of halogens is 1. The summed E-state index contributed by atoms with van der Waals surface area (Å²) in [6, 6.07) is 10.9. The van der Waals surface area contributed by atoms with Crippen LogP contribution in [0, 0.1) is 12.8 Å². The normalized spacial score (nSPS) is 24.0. The minimum absolute atomic E-state index is 0.664. The molecule has 2 N–H and O–H groups in total. The van der Waals surface area contributed by atoms with E-state index in [9.17, 15) is 0 Å². The second-order valence-corrected chi connectivity index (χ2v) is 8.14. The number of hydrogen-bond acceptors (Lipinski definition) is 3. The van der Waals surface area contributed by atoms with Crippen LogP contribution in [0.3, 0.4) is 0 Å². The first-order valence-electron chi connectivity index (χ1n) is 9.35. The molecule has 5 rings (SSSR count). The Bertz CT molecular complexity index is 832. The Morgan fingerprint density at radius 1 is 1.16 bits per heavy atom. The average Bonchev–Trinajstić information content (AvgIpc) is 3.07. The summed E-state index contributed by atoms with van der Waals surface area (Å²) in [5.41, 5.74) is 8.03. The molecule has 3 heterocycles. The SMILES string of the molecule is Cc1cc(Nc2cc3c4c(c2)C2CNCC2CN4CCC3)ccc1Cl. The lowest BCUT2D eigenvalue weighted by atomic mass is 9.80. The third-order valence-electron chi connectivity index (χ3n) is 6.05. The lowest BCUT2D eigenvalue weighted by Gasteiger charge is -2.42. The van der Waals surface area contributed by atoms with Gasteiger partial charge in [0, 0.05) is 54.2 Å². The molecule has 3 aliphatic rings. The molecule has 2 unspecified atom stereocenters. The molecule has 0 saturated carbocycles. The Morgan fingerprint density at radius 2 is 2.08 bits per heavy atom. The average molecular weight is 354 g/mol. The van der Waals surface area contributed by atoms with Gasteiger partial charge < -0.3 is 15.5 Å². The summed E-state index contributed by atoms with van der Waals surface area (Å²) in [7, 11) is 0. The summed E-state index contributed by atoms with van der Waals surface area (Å²) in [6.45, 7) is 6.77. The molecule has 0 aliphatic carbocycles. The van der Waals surface area contributed by atoms with Gasteiger partial charge in [0.1, 0.15) is 0 Å². The monoisotopic (exact) mass is 353 g/mol. The number of anilines is 3. The molecule has 1 saturated heterocycles. The van der Waals surface area contributed by atoms with E-state index in [1.807, 2.05) is 6.07 Å². The van der Waals surface area contributed by atoms with E-state index in [0.717, 1.165) is 35.3 Å². The fourth-order valence-corrected chi connectivity index (χ4v) is 4.98. The summed E-state index contributed by atoms with van der Waals surface area (Å²) >= 11 is 6.17. The number of hydrogen-bond donors (Lipinski definition) is 2. The summed E-state index contributed by atoms with van der Waals surface area (Å²) in [5.74, 6) is 1.42. The highest BCUT2D eigenvalue weighted by Gasteiger charge is 2.38. The zero-order chi connectivity index (χ0) is 17.0. The van der Waals surface area contributed by atoms with Crippen LogP contribution < -0.4 is 15.5 Å². The molecule has 4 heteroatoms. The summed E-state index contributed by atoms with van der Waals surface area (Å²) in [5, 5.41) is 8.05. The first-order valence-corrected chi connectivity index (χ1v) is 9.72. The molecule has 3 nitrogen and oxygen atoms in total. The third-order valence-corrected chi connectivity index (χ3v) is 6.47. The van der Waals surface area contributed by atoms with Crippen molar-refractivity contribution < 1.29 is 0 Å². The molecule has 25 heavy (non-hydrogen) atoms. The zero-order valence-corrected chi connectivity index (χ0v) is 15.4. The Labute approximate surface area is 154 Å². The number of nitrogens with zero attached hydrogens (tertiary/aromatic N) is 1. The van der Waals surface area contributed by atoms with Gasteiger partial charge in [0.15, 0.2) is 0 Å². The molecule has 0 amide bonds. The van der Waals surface area contributed by atoms with Gasteiger partial charge in [-0.25, -0.2) is 0 Å². The predicted molar refractivity (Wildman–Crippen MR) is 106 cm³/mol. The van der Waals surface area contributed by atoms with Crippen LogP contribution in [0.15, 0.2) is 30.3 Å². The largest absolute Gasteiger partial charge is 0.371 e. The smallest absolute Gasteiger partial charge is 0.0436 e. The van der Waals surface area contributed by atoms with E-state index in [0.29, 0.717) is 5.92 Å². The van der Waals surface area contributed by atoms with Gasteiger partial charge in [-0.15, -0.1) is 0 Å². The van der Waals surface area contributed by atoms with E-state index in [4.69, 9.17) is 11.6 Å². The second-order valence-electron chi connectivity index (χ2n) is 7.74. The number of fused-ring (bicyclic) bond motifs is 2. The van der Waals surface area contributed by atoms with Gasteiger partial charge in [0.2, 0.25) is 0 Å². The number of nitrogens with one attached hydrogen (secondary N) is 2. The van der Waals surface area contributed by atoms with Crippen molar-refractivity contribution in [3.05, 3.63) is 52.0 Å². The van der Waals surface area contributed by atoms with Crippen LogP contribution in [0.2, 0.25) is 5.02 Å². The standard InChI is InChI=1S/C21H24ClN3/c1-13-7-16(4-5-20(13)22)24-17-8-14-3-2-6-25-12-15-10-23-11-19(15)18(9-17)21(14)25/h4-5,7-9,15,19,23-24H,2-3,6,10-12H2,1H3. The fourth-order valence-electron chi connectivity index (χ4n) is 4.87. The highest BCUT2D eigenvalue weighted by molar-refractivity contribution is 6.31. The van der Waals surface area contributed by atoms with E-state index < -0.39 is 0 Å². The van der Waals surface area contributed by atoms with Crippen molar-refractivity contribution in [1.82, 2.24) is 5.32 Å². The Kier molecular flexibility index (Phi) is 3.68. The van der Waals surface area contributed by atoms with Crippen molar-refractivity contribution in [3.63, 3.8) is 0 Å². The quantitative estimate of drug-likeness (QED) is 0.834. The Hall–Kier alpha value is -1.71. The van der Waals surface area contributed by atoms with Crippen molar-refractivity contribution in [2.45, 2.75) is 25.7 Å². The number of aryl methyl sites for hydroxylation is 2. The maximum Gasteiger partial charge on any atom is 0.0436 e. The van der Waals surface area contributed by atoms with Crippen molar-refractivity contribution in [1.29, 1.82) is 0 Å². The van der Waals surface area contributed by atoms with Gasteiger partial charge in [-0.05, 0) is 72.7 Å². The molecule has 3 aliphatic heterocycles. The van der Waals surface area contributed by atoms with Gasteiger partial charge in [-0.1, -0.05) is 11.6 Å². The van der Waals surface area contributed by atoms with Crippen LogP contribution >= 0.6 is 11.6 Å². The summed E-state index contributed by atoms with van der Waals surface area (Å²) in [4.78, 5) is 2.64. The van der Waals surface area contributed by atoms with Gasteiger partial charge in [-0.2, -0.15) is 0 Å². The van der Waals surface area contributed by atoms with Crippen LogP contribution in [0.5, 0.6) is 0 Å². The highest BCUT2D eigenvalue weighted by atomic mass is 35.5. The second kappa shape index (κ2) is 5.93. The Morgan fingerprint density at radius 3 is 2.96 bits per heavy atom. The van der Waals surface area contributed by atoms with Crippen molar-refractivity contribution in [3.8, 4) is 0 Å². The van der Waals surface area contributed by atoms with E-state index in [-0.39, 0.29) is 0 Å². The molecule has 130 valence electrons. The van der Waals surface area contributed by atoms with E-state index in [1.165, 1.54) is 42.9 Å². The maximum absolute atomic E-state index is 6.17. The van der Waals surface area contributed by atoms with Crippen LogP contribution in [0.1, 0.15) is 29.0 Å². The predicted octanol–water partition coefficient (Wildman–Crippen LogP) is 4.46. The van der Waals surface area contributed by atoms with E-state index in [2.05, 4.69) is 46.7 Å². The highest BCUT2D eigenvalue weighted by Crippen LogP contribution is 2.46. The molecular weight excluding hydrogens is 330 g/mol. The van der Waals surface area contributed by atoms with Gasteiger partial charge in [0.05, 0.1) is 0 Å². The van der Waals surface area contributed by atoms with E-state index in [1.54, 1.807) is 5.56 Å². The third kappa shape index (κ3) is 2.61. The molecule has 2 aromatic rings. The van der Waals surface area contributed by atoms with Crippen LogP contribution in [-0.4, -0.2) is 26.2 Å². The summed E-state index contributed by atoms with van der Waals surface area (Å²) < 4.78 is 0. The number of benzene rings is 2. The number of rotatable bonds is 2. The molecule has 0 spiro atoms. The first kappa shape index (κ1) is 15.5. The van der Waals surface area contributed by atoms with E-state index >= 15 is 0 Å². The molecule has 2 atom stereocenters. The molecule has 0 aromatic heterocycles. The Balaban J connectivity index is 1.56. The lowest BCUT2D eigenvalue weighted by molar-refractivity contribution is 0.470. The lowest BCUT2D eigenvalue weighted by Crippen LogP contribution is -2.40. The maximum atomic E-state index is 6.17. The molecule has 2 aromatic carbocycles. The van der Waals surface area contributed by atoms with Crippen LogP contribution in [0.25, 0.3) is 0 Å². The topological polar surface area (TPSA) is 27.3 Å². The molecule has 0 bridgehead atoms. The van der Waals surface area contributed by atoms with Crippen molar-refractivity contribution >= 4 is 28.7 Å². The minimum Gasteiger partial charge on any atom is -0.371 e. The van der Waals surface area contributed by atoms with Crippen molar-refractivity contribution in [2.75, 3.05) is 36.4 Å². The van der Waals surface area contributed by atoms with Crippen molar-refractivity contribution in [2.24, 2.45) is 5.92 Å². The molecule has 0 radical (unpaired) electrons.